The van der Waals surface area contributed by atoms with Crippen LogP contribution < -0.4 is 5.32 Å². The van der Waals surface area contributed by atoms with E-state index < -0.39 is 9.84 Å². The van der Waals surface area contributed by atoms with Crippen molar-refractivity contribution in [2.45, 2.75) is 19.0 Å². The lowest BCUT2D eigenvalue weighted by molar-refractivity contribution is -0.130. The minimum Gasteiger partial charge on any atom is -0.341 e. The van der Waals surface area contributed by atoms with Crippen molar-refractivity contribution in [2.75, 3.05) is 25.1 Å². The van der Waals surface area contributed by atoms with E-state index in [-0.39, 0.29) is 35.7 Å². The molecule has 1 atom stereocenters. The Morgan fingerprint density at radius 2 is 2.05 bits per heavy atom. The number of halogens is 1. The van der Waals surface area contributed by atoms with E-state index in [4.69, 9.17) is 0 Å². The number of nitrogens with one attached hydrogen (secondary N) is 1. The minimum atomic E-state index is -3.04. The lowest BCUT2D eigenvalue weighted by atomic mass is 10.1. The standard InChI is InChI=1S/C14H19FN2O3S/c1-17(9-11-2-4-12(15)5-3-11)14(18)8-13-10-21(19,20)7-6-16-13/h2-5,13,16H,6-10H2,1H3. The summed E-state index contributed by atoms with van der Waals surface area (Å²) in [4.78, 5) is 13.6. The first-order valence-corrected chi connectivity index (χ1v) is 8.60. The van der Waals surface area contributed by atoms with Crippen molar-refractivity contribution in [3.8, 4) is 0 Å². The highest BCUT2D eigenvalue weighted by Gasteiger charge is 2.26. The molecule has 1 saturated heterocycles. The Morgan fingerprint density at radius 3 is 2.67 bits per heavy atom. The van der Waals surface area contributed by atoms with Gasteiger partial charge in [0, 0.05) is 32.6 Å². The number of amides is 1. The number of carbonyl (C=O) groups is 1. The SMILES string of the molecule is CN(Cc1ccc(F)cc1)C(=O)CC1CS(=O)(=O)CCN1. The van der Waals surface area contributed by atoms with Gasteiger partial charge in [0.25, 0.3) is 0 Å². The zero-order chi connectivity index (χ0) is 15.5. The third kappa shape index (κ3) is 4.78. The molecule has 1 amide bonds. The summed E-state index contributed by atoms with van der Waals surface area (Å²) in [5.41, 5.74) is 0.830. The van der Waals surface area contributed by atoms with E-state index in [1.807, 2.05) is 0 Å². The van der Waals surface area contributed by atoms with Gasteiger partial charge in [-0.25, -0.2) is 12.8 Å². The van der Waals surface area contributed by atoms with Crippen molar-refractivity contribution >= 4 is 15.7 Å². The van der Waals surface area contributed by atoms with E-state index in [0.29, 0.717) is 13.1 Å². The monoisotopic (exact) mass is 314 g/mol. The molecule has 0 aromatic heterocycles. The maximum absolute atomic E-state index is 12.8. The van der Waals surface area contributed by atoms with Gasteiger partial charge < -0.3 is 10.2 Å². The van der Waals surface area contributed by atoms with Crippen LogP contribution in [0.3, 0.4) is 0 Å². The number of carbonyl (C=O) groups excluding carboxylic acids is 1. The van der Waals surface area contributed by atoms with Crippen LogP contribution in [0.15, 0.2) is 24.3 Å². The van der Waals surface area contributed by atoms with Gasteiger partial charge in [0.05, 0.1) is 11.5 Å². The first-order chi connectivity index (χ1) is 9.85. The minimum absolute atomic E-state index is 0.00310. The second-order valence-electron chi connectivity index (χ2n) is 5.35. The molecule has 0 radical (unpaired) electrons. The second kappa shape index (κ2) is 6.53. The third-order valence-electron chi connectivity index (χ3n) is 3.48. The van der Waals surface area contributed by atoms with Gasteiger partial charge in [0.1, 0.15) is 5.82 Å². The number of nitrogens with zero attached hydrogens (tertiary/aromatic N) is 1. The highest BCUT2D eigenvalue weighted by molar-refractivity contribution is 7.91. The molecule has 1 aliphatic rings. The van der Waals surface area contributed by atoms with Crippen LogP contribution in [0.2, 0.25) is 0 Å². The summed E-state index contributed by atoms with van der Waals surface area (Å²) < 4.78 is 35.9. The fourth-order valence-electron chi connectivity index (χ4n) is 2.32. The largest absolute Gasteiger partial charge is 0.341 e. The first kappa shape index (κ1) is 15.9. The van der Waals surface area contributed by atoms with Crippen LogP contribution >= 0.6 is 0 Å². The summed E-state index contributed by atoms with van der Waals surface area (Å²) in [5, 5.41) is 3.06. The van der Waals surface area contributed by atoms with Crippen LogP contribution in [0, 0.1) is 5.82 Å². The molecule has 1 aliphatic heterocycles. The van der Waals surface area contributed by atoms with E-state index in [1.54, 1.807) is 19.2 Å². The van der Waals surface area contributed by atoms with E-state index in [1.165, 1.54) is 17.0 Å². The summed E-state index contributed by atoms with van der Waals surface area (Å²) in [6.45, 7) is 0.764. The van der Waals surface area contributed by atoms with Crippen LogP contribution in [-0.2, 0) is 21.2 Å². The van der Waals surface area contributed by atoms with E-state index >= 15 is 0 Å². The van der Waals surface area contributed by atoms with Gasteiger partial charge in [-0.15, -0.1) is 0 Å². The summed E-state index contributed by atoms with van der Waals surface area (Å²) in [6.07, 6.45) is 0.150. The second-order valence-corrected chi connectivity index (χ2v) is 7.57. The maximum atomic E-state index is 12.8. The van der Waals surface area contributed by atoms with Crippen LogP contribution in [0.5, 0.6) is 0 Å². The molecule has 0 aliphatic carbocycles. The first-order valence-electron chi connectivity index (χ1n) is 6.78. The van der Waals surface area contributed by atoms with Gasteiger partial charge >= 0.3 is 0 Å². The molecule has 5 nitrogen and oxygen atoms in total. The molecule has 1 fully saturated rings. The summed E-state index contributed by atoms with van der Waals surface area (Å²) in [5.74, 6) is -0.315. The molecular weight excluding hydrogens is 295 g/mol. The third-order valence-corrected chi connectivity index (χ3v) is 5.22. The molecule has 0 bridgehead atoms. The van der Waals surface area contributed by atoms with Crippen molar-refractivity contribution in [1.82, 2.24) is 10.2 Å². The Bertz CT molecular complexity index is 601. The highest BCUT2D eigenvalue weighted by atomic mass is 32.2. The van der Waals surface area contributed by atoms with Crippen molar-refractivity contribution in [3.05, 3.63) is 35.6 Å². The molecule has 116 valence electrons. The Kier molecular flexibility index (Phi) is 4.95. The quantitative estimate of drug-likeness (QED) is 0.882. The number of benzene rings is 1. The van der Waals surface area contributed by atoms with Crippen molar-refractivity contribution in [3.63, 3.8) is 0 Å². The lowest BCUT2D eigenvalue weighted by Gasteiger charge is -2.25. The molecule has 7 heteroatoms. The Morgan fingerprint density at radius 1 is 1.38 bits per heavy atom. The van der Waals surface area contributed by atoms with E-state index in [0.717, 1.165) is 5.56 Å². The molecule has 1 N–H and O–H groups in total. The van der Waals surface area contributed by atoms with E-state index in [9.17, 15) is 17.6 Å². The van der Waals surface area contributed by atoms with Crippen molar-refractivity contribution in [2.24, 2.45) is 0 Å². The van der Waals surface area contributed by atoms with Crippen molar-refractivity contribution in [1.29, 1.82) is 0 Å². The van der Waals surface area contributed by atoms with Gasteiger partial charge in [-0.1, -0.05) is 12.1 Å². The van der Waals surface area contributed by atoms with Gasteiger partial charge in [-0.05, 0) is 17.7 Å². The maximum Gasteiger partial charge on any atom is 0.224 e. The average Bonchev–Trinajstić information content (AvgIpc) is 2.40. The predicted molar refractivity (Wildman–Crippen MR) is 77.9 cm³/mol. The molecular formula is C14H19FN2O3S. The van der Waals surface area contributed by atoms with E-state index in [2.05, 4.69) is 5.32 Å². The molecule has 1 aromatic carbocycles. The topological polar surface area (TPSA) is 66.5 Å². The lowest BCUT2D eigenvalue weighted by Crippen LogP contribution is -2.47. The number of sulfone groups is 1. The zero-order valence-electron chi connectivity index (χ0n) is 11.9. The van der Waals surface area contributed by atoms with Gasteiger partial charge in [0.2, 0.25) is 5.91 Å². The smallest absolute Gasteiger partial charge is 0.224 e. The summed E-state index contributed by atoms with van der Waals surface area (Å²) in [6, 6.07) is 5.63. The van der Waals surface area contributed by atoms with Crippen molar-refractivity contribution < 1.29 is 17.6 Å². The summed E-state index contributed by atoms with van der Waals surface area (Å²) >= 11 is 0. The molecule has 1 aromatic rings. The van der Waals surface area contributed by atoms with Gasteiger partial charge in [-0.3, -0.25) is 4.79 Å². The highest BCUT2D eigenvalue weighted by Crippen LogP contribution is 2.10. The van der Waals surface area contributed by atoms with Crippen LogP contribution in [0.1, 0.15) is 12.0 Å². The molecule has 0 saturated carbocycles. The number of rotatable bonds is 4. The van der Waals surface area contributed by atoms with Crippen LogP contribution in [0.4, 0.5) is 4.39 Å². The number of hydrogen-bond acceptors (Lipinski definition) is 4. The Hall–Kier alpha value is -1.47. The fourth-order valence-corrected chi connectivity index (χ4v) is 3.76. The van der Waals surface area contributed by atoms with Gasteiger partial charge in [0.15, 0.2) is 9.84 Å². The predicted octanol–water partition coefficient (Wildman–Crippen LogP) is 0.561. The molecule has 0 spiro atoms. The zero-order valence-corrected chi connectivity index (χ0v) is 12.7. The van der Waals surface area contributed by atoms with Crippen LogP contribution in [0.25, 0.3) is 0 Å². The van der Waals surface area contributed by atoms with Gasteiger partial charge in [-0.2, -0.15) is 0 Å². The Labute approximate surface area is 124 Å². The number of hydrogen-bond donors (Lipinski definition) is 1. The van der Waals surface area contributed by atoms with Crippen LogP contribution in [-0.4, -0.2) is 50.4 Å². The summed E-state index contributed by atoms with van der Waals surface area (Å²) in [7, 11) is -1.39. The molecule has 1 heterocycles. The normalized spacial score (nSPS) is 21.0. The molecule has 2 rings (SSSR count). The molecule has 21 heavy (non-hydrogen) atoms. The Balaban J connectivity index is 1.89. The fraction of sp³-hybridized carbons (Fsp3) is 0.500. The average molecular weight is 314 g/mol. The molecule has 1 unspecified atom stereocenters.